The summed E-state index contributed by atoms with van der Waals surface area (Å²) in [5.41, 5.74) is 2.55. The Morgan fingerprint density at radius 1 is 1.10 bits per heavy atom. The Balaban J connectivity index is 1.83. The zero-order valence-corrected chi connectivity index (χ0v) is 17.9. The number of amides is 1. The number of ether oxygens (including phenoxy) is 1. The van der Waals surface area contributed by atoms with Crippen LogP contribution < -0.4 is 10.3 Å². The number of carbonyl (C=O) groups excluding carboxylic acids is 1. The number of rotatable bonds is 2. The fourth-order valence-corrected chi connectivity index (χ4v) is 5.73. The zero-order valence-electron chi connectivity index (χ0n) is 17.1. The standard InChI is InChI=1S/C23H21N3O4S/c1-25-11-16(26-19(22(25)29)20(27)21(28)24-23(26)30-2)18-14-8-4-3-7-13(14)12-31-17-10-6-5-9-15(17)18/h3-10,16,18,27H,11-12H2,1-2H3/t16-,18+/m0/s1. The van der Waals surface area contributed by atoms with Crippen molar-refractivity contribution in [2.45, 2.75) is 22.6 Å². The lowest BCUT2D eigenvalue weighted by Crippen LogP contribution is -2.45. The summed E-state index contributed by atoms with van der Waals surface area (Å²) in [5.74, 6) is -0.375. The molecule has 0 fully saturated rings. The maximum atomic E-state index is 13.0. The van der Waals surface area contributed by atoms with E-state index in [4.69, 9.17) is 4.74 Å². The molecule has 0 spiro atoms. The molecule has 5 rings (SSSR count). The van der Waals surface area contributed by atoms with Crippen LogP contribution in [0.2, 0.25) is 0 Å². The van der Waals surface area contributed by atoms with Crippen molar-refractivity contribution < 1.29 is 14.6 Å². The largest absolute Gasteiger partial charge is 0.501 e. The quantitative estimate of drug-likeness (QED) is 0.666. The van der Waals surface area contributed by atoms with Crippen LogP contribution in [0.4, 0.5) is 0 Å². The maximum Gasteiger partial charge on any atom is 0.318 e. The number of aromatic nitrogens is 2. The molecule has 158 valence electrons. The Kier molecular flexibility index (Phi) is 4.74. The van der Waals surface area contributed by atoms with E-state index in [2.05, 4.69) is 29.2 Å². The molecule has 1 N–H and O–H groups in total. The van der Waals surface area contributed by atoms with Gasteiger partial charge in [0, 0.05) is 30.2 Å². The van der Waals surface area contributed by atoms with E-state index in [1.165, 1.54) is 17.6 Å². The van der Waals surface area contributed by atoms with Crippen LogP contribution in [0.3, 0.4) is 0 Å². The number of methoxy groups -OCH3 is 1. The Morgan fingerprint density at radius 3 is 2.58 bits per heavy atom. The number of nitrogens with zero attached hydrogens (tertiary/aromatic N) is 3. The summed E-state index contributed by atoms with van der Waals surface area (Å²) in [7, 11) is 3.09. The van der Waals surface area contributed by atoms with E-state index >= 15 is 0 Å². The van der Waals surface area contributed by atoms with E-state index in [1.807, 2.05) is 24.3 Å². The van der Waals surface area contributed by atoms with E-state index < -0.39 is 17.2 Å². The number of benzene rings is 2. The van der Waals surface area contributed by atoms with Crippen molar-refractivity contribution >= 4 is 17.7 Å². The normalized spacial score (nSPS) is 19.8. The summed E-state index contributed by atoms with van der Waals surface area (Å²) in [6.07, 6.45) is 0. The van der Waals surface area contributed by atoms with E-state index in [1.54, 1.807) is 28.3 Å². The number of hydrogen-bond acceptors (Lipinski definition) is 6. The minimum absolute atomic E-state index is 0.0242. The second-order valence-corrected chi connectivity index (χ2v) is 8.74. The summed E-state index contributed by atoms with van der Waals surface area (Å²) in [5, 5.41) is 10.5. The van der Waals surface area contributed by atoms with E-state index in [9.17, 15) is 14.7 Å². The summed E-state index contributed by atoms with van der Waals surface area (Å²) < 4.78 is 7.03. The smallest absolute Gasteiger partial charge is 0.318 e. The molecule has 0 unspecified atom stereocenters. The van der Waals surface area contributed by atoms with Gasteiger partial charge in [0.15, 0.2) is 5.69 Å². The minimum Gasteiger partial charge on any atom is -0.501 e. The van der Waals surface area contributed by atoms with Crippen LogP contribution in [0.15, 0.2) is 58.2 Å². The van der Waals surface area contributed by atoms with Crippen molar-refractivity contribution in [3.8, 4) is 11.8 Å². The molecule has 7 nitrogen and oxygen atoms in total. The van der Waals surface area contributed by atoms with Gasteiger partial charge >= 0.3 is 11.6 Å². The molecule has 0 saturated carbocycles. The molecule has 0 aliphatic carbocycles. The van der Waals surface area contributed by atoms with Gasteiger partial charge in [-0.05, 0) is 22.8 Å². The first-order valence-corrected chi connectivity index (χ1v) is 10.9. The highest BCUT2D eigenvalue weighted by molar-refractivity contribution is 7.98. The molecule has 31 heavy (non-hydrogen) atoms. The van der Waals surface area contributed by atoms with Crippen LogP contribution >= 0.6 is 11.8 Å². The molecule has 2 aliphatic rings. The third kappa shape index (κ3) is 3.01. The van der Waals surface area contributed by atoms with Gasteiger partial charge in [0.1, 0.15) is 0 Å². The summed E-state index contributed by atoms with van der Waals surface area (Å²) in [4.78, 5) is 31.8. The van der Waals surface area contributed by atoms with Crippen LogP contribution in [0.5, 0.6) is 11.8 Å². The lowest BCUT2D eigenvalue weighted by Gasteiger charge is -2.39. The van der Waals surface area contributed by atoms with Crippen molar-refractivity contribution in [2.24, 2.45) is 0 Å². The zero-order chi connectivity index (χ0) is 21.7. The second-order valence-electron chi connectivity index (χ2n) is 7.73. The number of carbonyl (C=O) groups is 1. The van der Waals surface area contributed by atoms with Crippen LogP contribution in [0.1, 0.15) is 39.1 Å². The van der Waals surface area contributed by atoms with E-state index in [0.717, 1.165) is 16.9 Å². The van der Waals surface area contributed by atoms with Crippen molar-refractivity contribution in [3.63, 3.8) is 0 Å². The number of thioether (sulfide) groups is 1. The summed E-state index contributed by atoms with van der Waals surface area (Å²) >= 11 is 1.78. The molecule has 0 bridgehead atoms. The van der Waals surface area contributed by atoms with Crippen LogP contribution in [-0.2, 0) is 5.75 Å². The van der Waals surface area contributed by atoms with Gasteiger partial charge in [-0.3, -0.25) is 14.2 Å². The SMILES string of the molecule is COc1nc(=O)c(O)c2n1[C@H]([C@@H]1c3ccccc3CSc3ccccc31)CN(C)C2=O. The summed E-state index contributed by atoms with van der Waals surface area (Å²) in [6, 6.07) is 16.2. The van der Waals surface area contributed by atoms with Crippen molar-refractivity contribution in [1.29, 1.82) is 0 Å². The van der Waals surface area contributed by atoms with Gasteiger partial charge in [-0.2, -0.15) is 4.98 Å². The van der Waals surface area contributed by atoms with Crippen LogP contribution in [-0.4, -0.2) is 46.2 Å². The first kappa shape index (κ1) is 19.7. The Morgan fingerprint density at radius 2 is 1.81 bits per heavy atom. The Labute approximate surface area is 183 Å². The molecule has 0 saturated heterocycles. The minimum atomic E-state index is -0.872. The average molecular weight is 436 g/mol. The predicted octanol–water partition coefficient (Wildman–Crippen LogP) is 3.02. The fraction of sp³-hybridized carbons (Fsp3) is 0.261. The molecule has 2 aromatic carbocycles. The van der Waals surface area contributed by atoms with Gasteiger partial charge in [-0.15, -0.1) is 11.8 Å². The van der Waals surface area contributed by atoms with E-state index in [0.29, 0.717) is 6.54 Å². The third-order valence-electron chi connectivity index (χ3n) is 6.01. The number of hydrogen-bond donors (Lipinski definition) is 1. The molecule has 3 aromatic rings. The predicted molar refractivity (Wildman–Crippen MR) is 117 cm³/mol. The van der Waals surface area contributed by atoms with Gasteiger partial charge in [0.2, 0.25) is 5.75 Å². The topological polar surface area (TPSA) is 84.7 Å². The lowest BCUT2D eigenvalue weighted by molar-refractivity contribution is 0.0687. The third-order valence-corrected chi connectivity index (χ3v) is 7.15. The molecular weight excluding hydrogens is 414 g/mol. The Hall–Kier alpha value is -3.26. The van der Waals surface area contributed by atoms with Gasteiger partial charge < -0.3 is 14.7 Å². The van der Waals surface area contributed by atoms with Gasteiger partial charge in [-0.25, -0.2) is 0 Å². The number of aromatic hydroxyl groups is 1. The first-order valence-electron chi connectivity index (χ1n) is 9.95. The monoisotopic (exact) mass is 435 g/mol. The summed E-state index contributed by atoms with van der Waals surface area (Å²) in [6.45, 7) is 0.379. The van der Waals surface area contributed by atoms with Gasteiger partial charge in [0.25, 0.3) is 5.91 Å². The molecule has 2 aliphatic heterocycles. The molecule has 0 radical (unpaired) electrons. The molecule has 2 atom stereocenters. The number of likely N-dealkylation sites (N-methyl/N-ethyl adjacent to an activating group) is 1. The van der Waals surface area contributed by atoms with Crippen molar-refractivity contribution in [1.82, 2.24) is 14.5 Å². The van der Waals surface area contributed by atoms with E-state index in [-0.39, 0.29) is 23.7 Å². The van der Waals surface area contributed by atoms with Crippen LogP contribution in [0.25, 0.3) is 0 Å². The molecular formula is C23H21N3O4S. The second kappa shape index (κ2) is 7.46. The Bertz CT molecular complexity index is 1210. The molecule has 1 amide bonds. The van der Waals surface area contributed by atoms with Gasteiger partial charge in [-0.1, -0.05) is 42.5 Å². The van der Waals surface area contributed by atoms with Crippen LogP contribution in [0, 0.1) is 0 Å². The first-order chi connectivity index (χ1) is 15.0. The fourth-order valence-electron chi connectivity index (χ4n) is 4.62. The number of fused-ring (bicyclic) bond motifs is 3. The highest BCUT2D eigenvalue weighted by Gasteiger charge is 2.41. The molecule has 8 heteroatoms. The highest BCUT2D eigenvalue weighted by atomic mass is 32.2. The lowest BCUT2D eigenvalue weighted by atomic mass is 9.81. The van der Waals surface area contributed by atoms with Crippen molar-refractivity contribution in [3.05, 3.63) is 81.3 Å². The highest BCUT2D eigenvalue weighted by Crippen LogP contribution is 2.48. The van der Waals surface area contributed by atoms with Gasteiger partial charge in [0.05, 0.1) is 13.2 Å². The maximum absolute atomic E-state index is 13.0. The molecule has 1 aromatic heterocycles. The van der Waals surface area contributed by atoms with Crippen molar-refractivity contribution in [2.75, 3.05) is 20.7 Å². The average Bonchev–Trinajstić information content (AvgIpc) is 2.95. The molecule has 3 heterocycles.